The fourth-order valence-corrected chi connectivity index (χ4v) is 4.70. The molecule has 262 valence electrons. The molecule has 13 heteroatoms. The minimum Gasteiger partial charge on any atom is -0.480 e. The maximum Gasteiger partial charge on any atom is 0.409 e. The summed E-state index contributed by atoms with van der Waals surface area (Å²) < 4.78 is 48.6. The van der Waals surface area contributed by atoms with Crippen molar-refractivity contribution in [2.45, 2.75) is 5.92 Å². The van der Waals surface area contributed by atoms with Crippen molar-refractivity contribution in [1.29, 1.82) is 0 Å². The van der Waals surface area contributed by atoms with Gasteiger partial charge in [-0.15, -0.1) is 0 Å². The number of hydrogen-bond donors (Lipinski definition) is 1. The van der Waals surface area contributed by atoms with Crippen LogP contribution in [0.15, 0.2) is 48.5 Å². The van der Waals surface area contributed by atoms with E-state index in [-0.39, 0.29) is 25.2 Å². The molecular weight excluding hydrogens is 614 g/mol. The Labute approximate surface area is 276 Å². The molecule has 0 saturated carbocycles. The van der Waals surface area contributed by atoms with Crippen LogP contribution in [0, 0.1) is 0 Å². The van der Waals surface area contributed by atoms with E-state index in [9.17, 15) is 9.59 Å². The van der Waals surface area contributed by atoms with Crippen LogP contribution in [0.4, 0.5) is 4.79 Å². The molecule has 1 N–H and O–H groups in total. The predicted octanol–water partition coefficient (Wildman–Crippen LogP) is 3.08. The Hall–Kier alpha value is -3.14. The van der Waals surface area contributed by atoms with E-state index in [0.717, 1.165) is 0 Å². The molecule has 1 amide bonds. The van der Waals surface area contributed by atoms with Crippen molar-refractivity contribution in [3.05, 3.63) is 59.7 Å². The Kier molecular flexibility index (Phi) is 19.6. The Morgan fingerprint density at radius 2 is 0.936 bits per heavy atom. The van der Waals surface area contributed by atoms with Gasteiger partial charge in [-0.25, -0.2) is 9.59 Å². The zero-order valence-corrected chi connectivity index (χ0v) is 27.3. The third-order valence-corrected chi connectivity index (χ3v) is 7.05. The molecule has 2 aromatic carbocycles. The van der Waals surface area contributed by atoms with Crippen LogP contribution < -0.4 is 0 Å². The van der Waals surface area contributed by atoms with Crippen LogP contribution in [0.2, 0.25) is 0 Å². The molecule has 0 saturated heterocycles. The van der Waals surface area contributed by atoms with E-state index in [2.05, 4.69) is 24.3 Å². The van der Waals surface area contributed by atoms with Crippen LogP contribution in [0.3, 0.4) is 0 Å². The molecule has 1 aliphatic rings. The number of carbonyl (C=O) groups is 2. The van der Waals surface area contributed by atoms with Gasteiger partial charge in [-0.3, -0.25) is 0 Å². The number of nitrogens with zero attached hydrogens (tertiary/aromatic N) is 1. The quantitative estimate of drug-likeness (QED) is 0.134. The average Bonchev–Trinajstić information content (AvgIpc) is 3.40. The molecule has 47 heavy (non-hydrogen) atoms. The predicted molar refractivity (Wildman–Crippen MR) is 172 cm³/mol. The third kappa shape index (κ3) is 15.5. The number of carboxylic acids is 1. The Morgan fingerprint density at radius 1 is 0.574 bits per heavy atom. The smallest absolute Gasteiger partial charge is 0.409 e. The van der Waals surface area contributed by atoms with E-state index in [1.165, 1.54) is 27.2 Å². The Balaban J connectivity index is 1.03. The third-order valence-electron chi connectivity index (χ3n) is 7.05. The fraction of sp³-hybridized carbons (Fsp3) is 0.588. The second-order valence-corrected chi connectivity index (χ2v) is 10.5. The SMILES string of the molecule is CN(CCOCCOCCOCCOCCOCCOCCOCCOCC(=O)O)C(=O)OCC1c2ccccc2-c2ccccc21. The molecule has 3 rings (SSSR count). The first-order valence-electron chi connectivity index (χ1n) is 16.0. The van der Waals surface area contributed by atoms with E-state index in [1.807, 2.05) is 24.3 Å². The normalized spacial score (nSPS) is 12.2. The number of likely N-dealkylation sites (N-methyl/N-ethyl adjacent to an activating group) is 1. The molecule has 0 radical (unpaired) electrons. The molecule has 0 spiro atoms. The number of carboxylic acid groups (broad SMARTS) is 1. The first-order chi connectivity index (χ1) is 23.1. The zero-order chi connectivity index (χ0) is 33.4. The van der Waals surface area contributed by atoms with Crippen molar-refractivity contribution in [3.63, 3.8) is 0 Å². The number of rotatable bonds is 28. The molecule has 0 fully saturated rings. The summed E-state index contributed by atoms with van der Waals surface area (Å²) >= 11 is 0. The summed E-state index contributed by atoms with van der Waals surface area (Å²) in [5, 5.41) is 8.43. The summed E-state index contributed by atoms with van der Waals surface area (Å²) in [6.45, 7) is 6.71. The van der Waals surface area contributed by atoms with Crippen LogP contribution in [0.5, 0.6) is 0 Å². The van der Waals surface area contributed by atoms with Gasteiger partial charge < -0.3 is 52.6 Å². The van der Waals surface area contributed by atoms with Gasteiger partial charge in [0.1, 0.15) is 13.2 Å². The van der Waals surface area contributed by atoms with Gasteiger partial charge in [0, 0.05) is 19.5 Å². The summed E-state index contributed by atoms with van der Waals surface area (Å²) in [5.74, 6) is -0.964. The molecular formula is C34H49NO12. The molecule has 0 heterocycles. The van der Waals surface area contributed by atoms with Crippen molar-refractivity contribution in [2.24, 2.45) is 0 Å². The number of aliphatic carboxylic acids is 1. The van der Waals surface area contributed by atoms with Crippen molar-refractivity contribution in [2.75, 3.05) is 126 Å². The van der Waals surface area contributed by atoms with Crippen LogP contribution in [-0.4, -0.2) is 148 Å². The van der Waals surface area contributed by atoms with E-state index >= 15 is 0 Å². The second kappa shape index (κ2) is 24.1. The van der Waals surface area contributed by atoms with E-state index in [0.29, 0.717) is 106 Å². The van der Waals surface area contributed by atoms with Gasteiger partial charge in [0.05, 0.1) is 99.1 Å². The molecule has 0 atom stereocenters. The number of fused-ring (bicyclic) bond motifs is 3. The van der Waals surface area contributed by atoms with Gasteiger partial charge in [0.2, 0.25) is 0 Å². The molecule has 0 bridgehead atoms. The number of ether oxygens (including phenoxy) is 9. The van der Waals surface area contributed by atoms with Gasteiger partial charge in [-0.1, -0.05) is 48.5 Å². The highest BCUT2D eigenvalue weighted by Gasteiger charge is 2.29. The highest BCUT2D eigenvalue weighted by molar-refractivity contribution is 5.79. The molecule has 0 unspecified atom stereocenters. The molecule has 2 aromatic rings. The van der Waals surface area contributed by atoms with Crippen LogP contribution in [0.25, 0.3) is 11.1 Å². The Bertz CT molecular complexity index is 1100. The van der Waals surface area contributed by atoms with Crippen molar-refractivity contribution in [3.8, 4) is 11.1 Å². The number of amides is 1. The lowest BCUT2D eigenvalue weighted by Gasteiger charge is -2.19. The minimum absolute atomic E-state index is 0.0351. The van der Waals surface area contributed by atoms with Crippen molar-refractivity contribution < 1.29 is 57.3 Å². The summed E-state index contributed by atoms with van der Waals surface area (Å²) in [5.41, 5.74) is 4.78. The first-order valence-corrected chi connectivity index (χ1v) is 16.0. The standard InChI is InChI=1S/C34H49NO12/c1-35(34(38)47-26-32-30-8-4-2-6-28(30)29-7-3-5-9-31(29)32)10-11-39-12-13-40-14-15-41-16-17-42-18-19-43-20-21-44-22-23-45-24-25-46-27-33(36)37/h2-9,32H,10-27H2,1H3,(H,36,37). The average molecular weight is 664 g/mol. The highest BCUT2D eigenvalue weighted by atomic mass is 16.6. The van der Waals surface area contributed by atoms with Crippen LogP contribution in [-0.2, 0) is 47.4 Å². The number of hydrogen-bond acceptors (Lipinski definition) is 11. The second-order valence-electron chi connectivity index (χ2n) is 10.5. The maximum absolute atomic E-state index is 12.6. The van der Waals surface area contributed by atoms with Crippen LogP contribution in [0.1, 0.15) is 17.0 Å². The van der Waals surface area contributed by atoms with Crippen molar-refractivity contribution in [1.82, 2.24) is 4.90 Å². The van der Waals surface area contributed by atoms with Gasteiger partial charge in [0.15, 0.2) is 0 Å². The molecule has 0 aliphatic heterocycles. The van der Waals surface area contributed by atoms with E-state index < -0.39 is 5.97 Å². The van der Waals surface area contributed by atoms with Crippen LogP contribution >= 0.6 is 0 Å². The summed E-state index contributed by atoms with van der Waals surface area (Å²) in [6.07, 6.45) is -0.371. The van der Waals surface area contributed by atoms with Crippen molar-refractivity contribution >= 4 is 12.1 Å². The molecule has 0 aromatic heterocycles. The first kappa shape index (κ1) is 38.3. The maximum atomic E-state index is 12.6. The molecule has 1 aliphatic carbocycles. The van der Waals surface area contributed by atoms with Gasteiger partial charge in [-0.2, -0.15) is 0 Å². The highest BCUT2D eigenvalue weighted by Crippen LogP contribution is 2.44. The summed E-state index contributed by atoms with van der Waals surface area (Å²) in [4.78, 5) is 24.4. The zero-order valence-electron chi connectivity index (χ0n) is 27.3. The van der Waals surface area contributed by atoms with Gasteiger partial charge in [0.25, 0.3) is 0 Å². The van der Waals surface area contributed by atoms with Gasteiger partial charge >= 0.3 is 12.1 Å². The largest absolute Gasteiger partial charge is 0.480 e. The van der Waals surface area contributed by atoms with Gasteiger partial charge in [-0.05, 0) is 22.3 Å². The topological polar surface area (TPSA) is 141 Å². The lowest BCUT2D eigenvalue weighted by molar-refractivity contribution is -0.142. The minimum atomic E-state index is -0.999. The van der Waals surface area contributed by atoms with E-state index in [1.54, 1.807) is 7.05 Å². The lowest BCUT2D eigenvalue weighted by Crippen LogP contribution is -2.32. The number of benzene rings is 2. The Morgan fingerprint density at radius 3 is 1.34 bits per heavy atom. The lowest BCUT2D eigenvalue weighted by atomic mass is 9.98. The molecule has 13 nitrogen and oxygen atoms in total. The summed E-state index contributed by atoms with van der Waals surface area (Å²) in [7, 11) is 1.71. The monoisotopic (exact) mass is 663 g/mol. The summed E-state index contributed by atoms with van der Waals surface area (Å²) in [6, 6.07) is 16.5. The fourth-order valence-electron chi connectivity index (χ4n) is 4.70. The number of carbonyl (C=O) groups excluding carboxylic acids is 1. The van der Waals surface area contributed by atoms with E-state index in [4.69, 9.17) is 47.7 Å².